The van der Waals surface area contributed by atoms with Gasteiger partial charge in [-0.1, -0.05) is 0 Å². The summed E-state index contributed by atoms with van der Waals surface area (Å²) < 4.78 is 24.3. The highest BCUT2D eigenvalue weighted by Crippen LogP contribution is 2.20. The second-order valence-corrected chi connectivity index (χ2v) is 9.04. The van der Waals surface area contributed by atoms with Crippen molar-refractivity contribution in [2.75, 3.05) is 38.2 Å². The zero-order valence-electron chi connectivity index (χ0n) is 12.5. The molecule has 2 N–H and O–H groups in total. The molecule has 2 aliphatic heterocycles. The average Bonchev–Trinajstić information content (AvgIpc) is 2.46. The first-order chi connectivity index (χ1) is 9.95. The van der Waals surface area contributed by atoms with Gasteiger partial charge in [0.25, 0.3) is 0 Å². The quantitative estimate of drug-likeness (QED) is 0.740. The minimum absolute atomic E-state index is 0.0799. The number of hydrogen-bond acceptors (Lipinski definition) is 5. The number of thioether (sulfide) groups is 1. The largest absolute Gasteiger partial charge is 0.353 e. The molecule has 1 amide bonds. The van der Waals surface area contributed by atoms with Crippen LogP contribution >= 0.6 is 11.8 Å². The lowest BCUT2D eigenvalue weighted by Crippen LogP contribution is -2.46. The van der Waals surface area contributed by atoms with Crippen molar-refractivity contribution in [1.29, 1.82) is 0 Å². The van der Waals surface area contributed by atoms with Crippen LogP contribution in [0.5, 0.6) is 0 Å². The van der Waals surface area contributed by atoms with E-state index in [4.69, 9.17) is 0 Å². The highest BCUT2D eigenvalue weighted by atomic mass is 32.2. The molecule has 0 aromatic heterocycles. The van der Waals surface area contributed by atoms with Crippen LogP contribution in [0.2, 0.25) is 0 Å². The first-order valence-corrected chi connectivity index (χ1v) is 10.4. The molecule has 0 radical (unpaired) electrons. The summed E-state index contributed by atoms with van der Waals surface area (Å²) in [6.07, 6.45) is 4.91. The molecule has 122 valence electrons. The van der Waals surface area contributed by atoms with Crippen molar-refractivity contribution < 1.29 is 13.2 Å². The van der Waals surface area contributed by atoms with Crippen LogP contribution in [0.4, 0.5) is 0 Å². The standard InChI is InChI=1S/C13H25N3O3S2/c1-21(18,19)16-8-4-11(5-9-16)15-13(17)10-20-12-2-6-14-7-3-12/h11-12,14H,2-10H2,1H3,(H,15,17). The molecule has 8 heteroatoms. The Kier molecular flexibility index (Phi) is 6.34. The zero-order valence-corrected chi connectivity index (χ0v) is 14.1. The van der Waals surface area contributed by atoms with Crippen molar-refractivity contribution in [2.45, 2.75) is 37.0 Å². The van der Waals surface area contributed by atoms with Gasteiger partial charge in [0, 0.05) is 24.4 Å². The van der Waals surface area contributed by atoms with Crippen LogP contribution in [0.1, 0.15) is 25.7 Å². The molecule has 0 atom stereocenters. The minimum Gasteiger partial charge on any atom is -0.353 e. The molecule has 0 bridgehead atoms. The lowest BCUT2D eigenvalue weighted by Gasteiger charge is -2.30. The van der Waals surface area contributed by atoms with Crippen molar-refractivity contribution in [2.24, 2.45) is 0 Å². The Morgan fingerprint density at radius 3 is 2.43 bits per heavy atom. The summed E-state index contributed by atoms with van der Waals surface area (Å²) >= 11 is 1.74. The number of amides is 1. The van der Waals surface area contributed by atoms with Crippen LogP contribution < -0.4 is 10.6 Å². The van der Waals surface area contributed by atoms with Crippen LogP contribution in [-0.4, -0.2) is 68.1 Å². The molecule has 0 aromatic rings. The SMILES string of the molecule is CS(=O)(=O)N1CCC(NC(=O)CSC2CCNCC2)CC1. The Morgan fingerprint density at radius 2 is 1.86 bits per heavy atom. The van der Waals surface area contributed by atoms with Gasteiger partial charge in [-0.25, -0.2) is 12.7 Å². The molecule has 2 rings (SSSR count). The number of carbonyl (C=O) groups excluding carboxylic acids is 1. The molecule has 0 spiro atoms. The molecule has 6 nitrogen and oxygen atoms in total. The van der Waals surface area contributed by atoms with Crippen molar-refractivity contribution in [1.82, 2.24) is 14.9 Å². The van der Waals surface area contributed by atoms with E-state index in [2.05, 4.69) is 10.6 Å². The number of piperidine rings is 2. The van der Waals surface area contributed by atoms with Gasteiger partial charge in [-0.2, -0.15) is 0 Å². The van der Waals surface area contributed by atoms with Crippen molar-refractivity contribution in [3.63, 3.8) is 0 Å². The van der Waals surface area contributed by atoms with E-state index in [9.17, 15) is 13.2 Å². The van der Waals surface area contributed by atoms with E-state index in [1.54, 1.807) is 11.8 Å². The number of nitrogens with zero attached hydrogens (tertiary/aromatic N) is 1. The highest BCUT2D eigenvalue weighted by molar-refractivity contribution is 8.00. The van der Waals surface area contributed by atoms with Gasteiger partial charge < -0.3 is 10.6 Å². The monoisotopic (exact) mass is 335 g/mol. The molecule has 2 fully saturated rings. The van der Waals surface area contributed by atoms with Crippen LogP contribution in [0, 0.1) is 0 Å². The smallest absolute Gasteiger partial charge is 0.230 e. The van der Waals surface area contributed by atoms with E-state index in [1.807, 2.05) is 0 Å². The van der Waals surface area contributed by atoms with Crippen molar-refractivity contribution >= 4 is 27.7 Å². The number of hydrogen-bond donors (Lipinski definition) is 2. The summed E-state index contributed by atoms with van der Waals surface area (Å²) in [7, 11) is -3.09. The van der Waals surface area contributed by atoms with Gasteiger partial charge in [-0.05, 0) is 38.8 Å². The number of carbonyl (C=O) groups is 1. The molecular formula is C13H25N3O3S2. The van der Waals surface area contributed by atoms with Gasteiger partial charge >= 0.3 is 0 Å². The third-order valence-electron chi connectivity index (χ3n) is 4.02. The fourth-order valence-electron chi connectivity index (χ4n) is 2.76. The minimum atomic E-state index is -3.09. The van der Waals surface area contributed by atoms with Crippen LogP contribution in [0.3, 0.4) is 0 Å². The normalized spacial score (nSPS) is 23.1. The van der Waals surface area contributed by atoms with Gasteiger partial charge in [0.05, 0.1) is 12.0 Å². The molecule has 21 heavy (non-hydrogen) atoms. The molecule has 0 saturated carbocycles. The lowest BCUT2D eigenvalue weighted by molar-refractivity contribution is -0.119. The maximum absolute atomic E-state index is 12.0. The topological polar surface area (TPSA) is 78.5 Å². The Morgan fingerprint density at radius 1 is 1.24 bits per heavy atom. The third kappa shape index (κ3) is 5.77. The molecule has 2 aliphatic rings. The average molecular weight is 335 g/mol. The number of sulfonamides is 1. The molecule has 2 heterocycles. The molecule has 0 aromatic carbocycles. The van der Waals surface area contributed by atoms with Gasteiger partial charge in [-0.15, -0.1) is 11.8 Å². The summed E-state index contributed by atoms with van der Waals surface area (Å²) in [6.45, 7) is 3.10. The van der Waals surface area contributed by atoms with Crippen LogP contribution in [0.25, 0.3) is 0 Å². The van der Waals surface area contributed by atoms with Gasteiger partial charge in [0.2, 0.25) is 15.9 Å². The van der Waals surface area contributed by atoms with E-state index in [0.717, 1.165) is 25.9 Å². The van der Waals surface area contributed by atoms with E-state index in [0.29, 0.717) is 36.9 Å². The lowest BCUT2D eigenvalue weighted by atomic mass is 10.1. The second-order valence-electron chi connectivity index (χ2n) is 5.76. The van der Waals surface area contributed by atoms with Crippen molar-refractivity contribution in [3.05, 3.63) is 0 Å². The van der Waals surface area contributed by atoms with Gasteiger partial charge in [-0.3, -0.25) is 4.79 Å². The van der Waals surface area contributed by atoms with Gasteiger partial charge in [0.15, 0.2) is 0 Å². The summed E-state index contributed by atoms with van der Waals surface area (Å²) in [5.41, 5.74) is 0. The Hall–Kier alpha value is -0.310. The molecular weight excluding hydrogens is 310 g/mol. The van der Waals surface area contributed by atoms with E-state index >= 15 is 0 Å². The highest BCUT2D eigenvalue weighted by Gasteiger charge is 2.25. The zero-order chi connectivity index (χ0) is 15.3. The van der Waals surface area contributed by atoms with E-state index < -0.39 is 10.0 Å². The first kappa shape index (κ1) is 17.1. The fraction of sp³-hybridized carbons (Fsp3) is 0.923. The Labute approximate surface area is 131 Å². The Bertz CT molecular complexity index is 442. The second kappa shape index (κ2) is 7.80. The van der Waals surface area contributed by atoms with Crippen LogP contribution in [-0.2, 0) is 14.8 Å². The number of rotatable bonds is 5. The summed E-state index contributed by atoms with van der Waals surface area (Å²) in [5.74, 6) is 0.591. The number of nitrogens with one attached hydrogen (secondary N) is 2. The predicted octanol–water partition coefficient (Wildman–Crippen LogP) is 0.0118. The Balaban J connectivity index is 1.65. The molecule has 0 unspecified atom stereocenters. The van der Waals surface area contributed by atoms with Crippen molar-refractivity contribution in [3.8, 4) is 0 Å². The predicted molar refractivity (Wildman–Crippen MR) is 85.9 cm³/mol. The summed E-state index contributed by atoms with van der Waals surface area (Å²) in [6, 6.07) is 0.115. The van der Waals surface area contributed by atoms with Gasteiger partial charge in [0.1, 0.15) is 0 Å². The maximum Gasteiger partial charge on any atom is 0.230 e. The molecule has 2 saturated heterocycles. The van der Waals surface area contributed by atoms with Crippen LogP contribution in [0.15, 0.2) is 0 Å². The van der Waals surface area contributed by atoms with E-state index in [1.165, 1.54) is 10.6 Å². The summed E-state index contributed by atoms with van der Waals surface area (Å²) in [5, 5.41) is 6.94. The fourth-order valence-corrected chi connectivity index (χ4v) is 4.67. The maximum atomic E-state index is 12.0. The third-order valence-corrected chi connectivity index (χ3v) is 6.70. The molecule has 0 aliphatic carbocycles. The van der Waals surface area contributed by atoms with E-state index in [-0.39, 0.29) is 11.9 Å². The first-order valence-electron chi connectivity index (χ1n) is 7.52. The summed E-state index contributed by atoms with van der Waals surface area (Å²) in [4.78, 5) is 12.0.